The first-order valence-electron chi connectivity index (χ1n) is 9.57. The van der Waals surface area contributed by atoms with Gasteiger partial charge >= 0.3 is 0 Å². The molecule has 0 fully saturated rings. The van der Waals surface area contributed by atoms with Gasteiger partial charge in [-0.05, 0) is 50.3 Å². The average molecular weight is 425 g/mol. The van der Waals surface area contributed by atoms with Crippen molar-refractivity contribution in [3.05, 3.63) is 87.9 Å². The number of carbonyl (C=O) groups excluding carboxylic acids is 1. The standard InChI is InChI=1S/C24H25ClN2O3/c1-16-4-6-18(7-5-16)15-27(19-10-8-17(9-11-19)14-26(2)3)24(30)20-12-21(25)23(29)13-22(20)28/h4-13,28-29H,14-15H2,1-3H3. The molecule has 5 nitrogen and oxygen atoms in total. The van der Waals surface area contributed by atoms with Gasteiger partial charge < -0.3 is 20.0 Å². The summed E-state index contributed by atoms with van der Waals surface area (Å²) in [6.07, 6.45) is 0. The Morgan fingerprint density at radius 1 is 0.867 bits per heavy atom. The largest absolute Gasteiger partial charge is 0.507 e. The Balaban J connectivity index is 1.99. The van der Waals surface area contributed by atoms with Crippen molar-refractivity contribution in [1.29, 1.82) is 0 Å². The van der Waals surface area contributed by atoms with E-state index in [0.717, 1.165) is 29.3 Å². The van der Waals surface area contributed by atoms with E-state index in [2.05, 4.69) is 4.90 Å². The van der Waals surface area contributed by atoms with E-state index in [1.807, 2.05) is 69.6 Å². The smallest absolute Gasteiger partial charge is 0.262 e. The number of aromatic hydroxyl groups is 2. The first-order chi connectivity index (χ1) is 14.2. The zero-order valence-electron chi connectivity index (χ0n) is 17.3. The molecule has 3 aromatic rings. The molecule has 0 saturated heterocycles. The van der Waals surface area contributed by atoms with Gasteiger partial charge in [-0.25, -0.2) is 0 Å². The summed E-state index contributed by atoms with van der Waals surface area (Å²) in [6, 6.07) is 18.0. The third-order valence-electron chi connectivity index (χ3n) is 4.75. The summed E-state index contributed by atoms with van der Waals surface area (Å²) in [7, 11) is 4.00. The van der Waals surface area contributed by atoms with E-state index in [1.54, 1.807) is 4.90 Å². The number of amides is 1. The number of aryl methyl sites for hydroxylation is 1. The molecule has 156 valence electrons. The van der Waals surface area contributed by atoms with Gasteiger partial charge in [0.15, 0.2) is 0 Å². The number of phenolic OH excluding ortho intramolecular Hbond substituents is 2. The minimum atomic E-state index is -0.407. The predicted molar refractivity (Wildman–Crippen MR) is 120 cm³/mol. The molecule has 3 rings (SSSR count). The molecule has 0 aromatic heterocycles. The minimum Gasteiger partial charge on any atom is -0.507 e. The molecule has 0 atom stereocenters. The van der Waals surface area contributed by atoms with E-state index < -0.39 is 5.91 Å². The number of halogens is 1. The molecule has 6 heteroatoms. The fourth-order valence-electron chi connectivity index (χ4n) is 3.17. The van der Waals surface area contributed by atoms with Gasteiger partial charge in [0.1, 0.15) is 11.5 Å². The second-order valence-electron chi connectivity index (χ2n) is 7.60. The van der Waals surface area contributed by atoms with E-state index in [0.29, 0.717) is 12.2 Å². The maximum atomic E-state index is 13.4. The number of hydrogen-bond acceptors (Lipinski definition) is 4. The van der Waals surface area contributed by atoms with E-state index in [-0.39, 0.29) is 22.1 Å². The minimum absolute atomic E-state index is 0.00719. The van der Waals surface area contributed by atoms with Crippen LogP contribution in [0, 0.1) is 6.92 Å². The van der Waals surface area contributed by atoms with Crippen molar-refractivity contribution in [3.8, 4) is 11.5 Å². The SMILES string of the molecule is Cc1ccc(CN(C(=O)c2cc(Cl)c(O)cc2O)c2ccc(CN(C)C)cc2)cc1. The number of anilines is 1. The van der Waals surface area contributed by atoms with E-state index >= 15 is 0 Å². The third-order valence-corrected chi connectivity index (χ3v) is 5.05. The molecule has 0 heterocycles. The lowest BCUT2D eigenvalue weighted by Gasteiger charge is -2.24. The van der Waals surface area contributed by atoms with Gasteiger partial charge in [-0.2, -0.15) is 0 Å². The number of carbonyl (C=O) groups is 1. The quantitative estimate of drug-likeness (QED) is 0.586. The van der Waals surface area contributed by atoms with Crippen molar-refractivity contribution in [2.45, 2.75) is 20.0 Å². The maximum Gasteiger partial charge on any atom is 0.262 e. The first kappa shape index (κ1) is 21.7. The lowest BCUT2D eigenvalue weighted by Crippen LogP contribution is -2.30. The van der Waals surface area contributed by atoms with Crippen LogP contribution in [0.5, 0.6) is 11.5 Å². The molecule has 3 aromatic carbocycles. The number of phenols is 2. The summed E-state index contributed by atoms with van der Waals surface area (Å²) in [6.45, 7) is 3.12. The molecule has 0 saturated carbocycles. The molecule has 0 aliphatic rings. The predicted octanol–water partition coefficient (Wildman–Crippen LogP) is 4.97. The van der Waals surface area contributed by atoms with Crippen molar-refractivity contribution >= 4 is 23.2 Å². The van der Waals surface area contributed by atoms with Crippen molar-refractivity contribution < 1.29 is 15.0 Å². The van der Waals surface area contributed by atoms with Gasteiger partial charge in [-0.15, -0.1) is 0 Å². The van der Waals surface area contributed by atoms with Crippen LogP contribution in [-0.4, -0.2) is 35.1 Å². The Hall–Kier alpha value is -3.02. The van der Waals surface area contributed by atoms with Crippen LogP contribution in [0.25, 0.3) is 0 Å². The summed E-state index contributed by atoms with van der Waals surface area (Å²) in [5, 5.41) is 20.0. The highest BCUT2D eigenvalue weighted by molar-refractivity contribution is 6.32. The lowest BCUT2D eigenvalue weighted by molar-refractivity contribution is 0.0982. The molecule has 0 spiro atoms. The highest BCUT2D eigenvalue weighted by Gasteiger charge is 2.23. The molecule has 0 aliphatic heterocycles. The number of hydrogen-bond donors (Lipinski definition) is 2. The van der Waals surface area contributed by atoms with Crippen LogP contribution in [0.4, 0.5) is 5.69 Å². The zero-order valence-corrected chi connectivity index (χ0v) is 18.0. The topological polar surface area (TPSA) is 64.0 Å². The van der Waals surface area contributed by atoms with Crippen molar-refractivity contribution in [2.75, 3.05) is 19.0 Å². The van der Waals surface area contributed by atoms with Gasteiger partial charge in [0.05, 0.1) is 17.1 Å². The highest BCUT2D eigenvalue weighted by atomic mass is 35.5. The molecule has 0 unspecified atom stereocenters. The number of rotatable bonds is 6. The van der Waals surface area contributed by atoms with Gasteiger partial charge in [-0.3, -0.25) is 4.79 Å². The molecule has 0 radical (unpaired) electrons. The lowest BCUT2D eigenvalue weighted by atomic mass is 10.1. The Bertz CT molecular complexity index is 1030. The fraction of sp³-hybridized carbons (Fsp3) is 0.208. The molecular formula is C24H25ClN2O3. The van der Waals surface area contributed by atoms with Crippen LogP contribution in [0.15, 0.2) is 60.7 Å². The molecule has 0 bridgehead atoms. The number of nitrogens with zero attached hydrogens (tertiary/aromatic N) is 2. The van der Waals surface area contributed by atoms with E-state index in [1.165, 1.54) is 6.07 Å². The Morgan fingerprint density at radius 3 is 2.03 bits per heavy atom. The van der Waals surface area contributed by atoms with E-state index in [9.17, 15) is 15.0 Å². The third kappa shape index (κ3) is 5.12. The average Bonchev–Trinajstić information content (AvgIpc) is 2.70. The van der Waals surface area contributed by atoms with Crippen LogP contribution in [0.2, 0.25) is 5.02 Å². The molecule has 0 aliphatic carbocycles. The highest BCUT2D eigenvalue weighted by Crippen LogP contribution is 2.33. The summed E-state index contributed by atoms with van der Waals surface area (Å²) >= 11 is 5.99. The second-order valence-corrected chi connectivity index (χ2v) is 8.01. The molecule has 30 heavy (non-hydrogen) atoms. The zero-order chi connectivity index (χ0) is 21.8. The molecule has 1 amide bonds. The van der Waals surface area contributed by atoms with Crippen molar-refractivity contribution in [3.63, 3.8) is 0 Å². The normalized spacial score (nSPS) is 11.0. The van der Waals surface area contributed by atoms with Crippen LogP contribution < -0.4 is 4.90 Å². The van der Waals surface area contributed by atoms with Gasteiger partial charge in [0, 0.05) is 18.3 Å². The Morgan fingerprint density at radius 2 is 1.43 bits per heavy atom. The van der Waals surface area contributed by atoms with E-state index in [4.69, 9.17) is 11.6 Å². The van der Waals surface area contributed by atoms with Gasteiger partial charge in [-0.1, -0.05) is 53.6 Å². The van der Waals surface area contributed by atoms with Crippen LogP contribution >= 0.6 is 11.6 Å². The molecular weight excluding hydrogens is 400 g/mol. The Kier molecular flexibility index (Phi) is 6.65. The maximum absolute atomic E-state index is 13.4. The summed E-state index contributed by atoms with van der Waals surface area (Å²) in [5.74, 6) is -1.00. The van der Waals surface area contributed by atoms with Crippen LogP contribution in [0.3, 0.4) is 0 Å². The summed E-state index contributed by atoms with van der Waals surface area (Å²) in [4.78, 5) is 17.0. The molecule has 2 N–H and O–H groups in total. The fourth-order valence-corrected chi connectivity index (χ4v) is 3.33. The van der Waals surface area contributed by atoms with Gasteiger partial charge in [0.25, 0.3) is 5.91 Å². The van der Waals surface area contributed by atoms with Crippen molar-refractivity contribution in [2.24, 2.45) is 0 Å². The van der Waals surface area contributed by atoms with Crippen LogP contribution in [-0.2, 0) is 13.1 Å². The number of benzene rings is 3. The second kappa shape index (κ2) is 9.20. The first-order valence-corrected chi connectivity index (χ1v) is 9.95. The van der Waals surface area contributed by atoms with Crippen LogP contribution in [0.1, 0.15) is 27.0 Å². The monoisotopic (exact) mass is 424 g/mol. The Labute approximate surface area is 181 Å². The van der Waals surface area contributed by atoms with Gasteiger partial charge in [0.2, 0.25) is 0 Å². The summed E-state index contributed by atoms with van der Waals surface area (Å²) < 4.78 is 0. The van der Waals surface area contributed by atoms with Crippen molar-refractivity contribution in [1.82, 2.24) is 4.90 Å². The summed E-state index contributed by atoms with van der Waals surface area (Å²) in [5.41, 5.74) is 3.94.